The number of aromatic nitrogens is 2. The highest BCUT2D eigenvalue weighted by Crippen LogP contribution is 2.44. The number of carboxylic acid groups (broad SMARTS) is 1. The van der Waals surface area contributed by atoms with Crippen molar-refractivity contribution in [1.29, 1.82) is 0 Å². The van der Waals surface area contributed by atoms with Gasteiger partial charge < -0.3 is 9.67 Å². The van der Waals surface area contributed by atoms with Gasteiger partial charge in [-0.25, -0.2) is 4.98 Å². The Morgan fingerprint density at radius 2 is 2.35 bits per heavy atom. The summed E-state index contributed by atoms with van der Waals surface area (Å²) in [6.45, 7) is 0. The van der Waals surface area contributed by atoms with E-state index in [1.165, 1.54) is 0 Å². The number of hydrogen-bond acceptors (Lipinski definition) is 2. The summed E-state index contributed by atoms with van der Waals surface area (Å²) in [6, 6.07) is 5.33. The fourth-order valence-corrected chi connectivity index (χ4v) is 2.67. The lowest BCUT2D eigenvalue weighted by molar-refractivity contribution is -0.137. The summed E-state index contributed by atoms with van der Waals surface area (Å²) in [7, 11) is 0. The Hall–Kier alpha value is -1.81. The van der Waals surface area contributed by atoms with Crippen LogP contribution in [0.1, 0.15) is 18.0 Å². The van der Waals surface area contributed by atoms with Gasteiger partial charge in [-0.3, -0.25) is 4.79 Å². The van der Waals surface area contributed by atoms with Crippen molar-refractivity contribution in [2.45, 2.75) is 12.5 Å². The van der Waals surface area contributed by atoms with E-state index in [4.69, 9.17) is 16.7 Å². The standard InChI is InChI=1S/C12H9ClN2O2/c13-8-3-1-2-7-10-5-14-6-15(10)9(12(7)8)4-11(16)17/h1-3,5-6,9H,4H2,(H,16,17). The smallest absolute Gasteiger partial charge is 0.305 e. The molecule has 1 N–H and O–H groups in total. The van der Waals surface area contributed by atoms with E-state index in [-0.39, 0.29) is 12.5 Å². The van der Waals surface area contributed by atoms with Gasteiger partial charge in [0.1, 0.15) is 0 Å². The van der Waals surface area contributed by atoms with Gasteiger partial charge in [0.05, 0.1) is 30.7 Å². The third-order valence-electron chi connectivity index (χ3n) is 3.03. The highest BCUT2D eigenvalue weighted by molar-refractivity contribution is 6.32. The number of hydrogen-bond donors (Lipinski definition) is 1. The number of rotatable bonds is 2. The van der Waals surface area contributed by atoms with Gasteiger partial charge in [0, 0.05) is 16.1 Å². The Morgan fingerprint density at radius 3 is 3.12 bits per heavy atom. The van der Waals surface area contributed by atoms with Crippen LogP contribution in [-0.4, -0.2) is 20.6 Å². The van der Waals surface area contributed by atoms with Crippen LogP contribution in [0.25, 0.3) is 11.3 Å². The summed E-state index contributed by atoms with van der Waals surface area (Å²) in [5, 5.41) is 9.59. The van der Waals surface area contributed by atoms with Crippen molar-refractivity contribution < 1.29 is 9.90 Å². The van der Waals surface area contributed by atoms with Crippen molar-refractivity contribution in [2.75, 3.05) is 0 Å². The van der Waals surface area contributed by atoms with Crippen molar-refractivity contribution in [2.24, 2.45) is 0 Å². The molecule has 0 radical (unpaired) electrons. The molecule has 1 aliphatic rings. The number of fused-ring (bicyclic) bond motifs is 3. The normalized spacial score (nSPS) is 16.6. The second kappa shape index (κ2) is 3.60. The molecule has 0 saturated carbocycles. The third-order valence-corrected chi connectivity index (χ3v) is 3.36. The maximum Gasteiger partial charge on any atom is 0.305 e. The molecule has 1 atom stereocenters. The molecular formula is C12H9ClN2O2. The van der Waals surface area contributed by atoms with Gasteiger partial charge in [0.25, 0.3) is 0 Å². The molecule has 2 heterocycles. The fraction of sp³-hybridized carbons (Fsp3) is 0.167. The van der Waals surface area contributed by atoms with Crippen LogP contribution in [0.4, 0.5) is 0 Å². The zero-order chi connectivity index (χ0) is 12.0. The number of nitrogens with zero attached hydrogens (tertiary/aromatic N) is 2. The van der Waals surface area contributed by atoms with E-state index in [1.807, 2.05) is 16.7 Å². The average molecular weight is 249 g/mol. The Bertz CT molecular complexity index is 606. The van der Waals surface area contributed by atoms with Crippen LogP contribution in [-0.2, 0) is 4.79 Å². The van der Waals surface area contributed by atoms with Crippen molar-refractivity contribution in [3.05, 3.63) is 41.3 Å². The van der Waals surface area contributed by atoms with E-state index >= 15 is 0 Å². The molecule has 0 amide bonds. The van der Waals surface area contributed by atoms with Crippen LogP contribution in [0, 0.1) is 0 Å². The van der Waals surface area contributed by atoms with Crippen molar-refractivity contribution in [1.82, 2.24) is 9.55 Å². The van der Waals surface area contributed by atoms with E-state index < -0.39 is 5.97 Å². The molecule has 3 rings (SSSR count). The zero-order valence-corrected chi connectivity index (χ0v) is 9.55. The SMILES string of the molecule is O=C(O)CC1c2c(Cl)cccc2-c2cncn21. The average Bonchev–Trinajstić information content (AvgIpc) is 2.82. The molecule has 5 heteroatoms. The summed E-state index contributed by atoms with van der Waals surface area (Å²) in [5.74, 6) is -0.845. The van der Waals surface area contributed by atoms with E-state index in [2.05, 4.69) is 4.98 Å². The lowest BCUT2D eigenvalue weighted by Crippen LogP contribution is -2.10. The summed E-state index contributed by atoms with van der Waals surface area (Å²) < 4.78 is 1.87. The minimum absolute atomic E-state index is 0.0140. The Morgan fingerprint density at radius 1 is 1.53 bits per heavy atom. The number of halogens is 1. The Balaban J connectivity index is 2.22. The first-order chi connectivity index (χ1) is 8.18. The summed E-state index contributed by atoms with van der Waals surface area (Å²) >= 11 is 6.17. The van der Waals surface area contributed by atoms with Crippen molar-refractivity contribution in [3.63, 3.8) is 0 Å². The third kappa shape index (κ3) is 1.45. The van der Waals surface area contributed by atoms with Gasteiger partial charge in [-0.1, -0.05) is 23.7 Å². The summed E-state index contributed by atoms with van der Waals surface area (Å²) in [5.41, 5.74) is 2.78. The fourth-order valence-electron chi connectivity index (χ4n) is 2.37. The van der Waals surface area contributed by atoms with E-state index in [9.17, 15) is 4.79 Å². The van der Waals surface area contributed by atoms with Gasteiger partial charge in [-0.2, -0.15) is 0 Å². The van der Waals surface area contributed by atoms with Gasteiger partial charge >= 0.3 is 5.97 Å². The topological polar surface area (TPSA) is 55.1 Å². The Kier molecular flexibility index (Phi) is 2.19. The molecule has 86 valence electrons. The van der Waals surface area contributed by atoms with Crippen LogP contribution in [0.3, 0.4) is 0 Å². The molecule has 0 bridgehead atoms. The highest BCUT2D eigenvalue weighted by Gasteiger charge is 2.31. The molecule has 0 fully saturated rings. The summed E-state index contributed by atoms with van der Waals surface area (Å²) in [6.07, 6.45) is 3.40. The van der Waals surface area contributed by atoms with Gasteiger partial charge in [-0.05, 0) is 6.07 Å². The first kappa shape index (κ1) is 10.4. The molecule has 1 aliphatic heterocycles. The molecule has 0 aliphatic carbocycles. The molecule has 2 aromatic rings. The van der Waals surface area contributed by atoms with E-state index in [0.29, 0.717) is 5.02 Å². The maximum atomic E-state index is 10.9. The molecule has 1 aromatic carbocycles. The first-order valence-corrected chi connectivity index (χ1v) is 5.58. The molecule has 1 unspecified atom stereocenters. The lowest BCUT2D eigenvalue weighted by Gasteiger charge is -2.13. The minimum Gasteiger partial charge on any atom is -0.481 e. The van der Waals surface area contributed by atoms with Crippen LogP contribution in [0.5, 0.6) is 0 Å². The van der Waals surface area contributed by atoms with Crippen molar-refractivity contribution in [3.8, 4) is 11.3 Å². The van der Waals surface area contributed by atoms with Gasteiger partial charge in [0.15, 0.2) is 0 Å². The monoisotopic (exact) mass is 248 g/mol. The second-order valence-corrected chi connectivity index (χ2v) is 4.41. The second-order valence-electron chi connectivity index (χ2n) is 4.00. The molecular weight excluding hydrogens is 240 g/mol. The van der Waals surface area contributed by atoms with Crippen LogP contribution < -0.4 is 0 Å². The number of benzene rings is 1. The van der Waals surface area contributed by atoms with E-state index in [0.717, 1.165) is 16.8 Å². The van der Waals surface area contributed by atoms with Crippen LogP contribution >= 0.6 is 11.6 Å². The minimum atomic E-state index is -0.845. The predicted molar refractivity (Wildman–Crippen MR) is 63.1 cm³/mol. The first-order valence-electron chi connectivity index (χ1n) is 5.21. The predicted octanol–water partition coefficient (Wildman–Crippen LogP) is 2.58. The van der Waals surface area contributed by atoms with Crippen LogP contribution in [0.15, 0.2) is 30.7 Å². The van der Waals surface area contributed by atoms with E-state index in [1.54, 1.807) is 18.6 Å². The maximum absolute atomic E-state index is 10.9. The largest absolute Gasteiger partial charge is 0.481 e. The molecule has 0 spiro atoms. The van der Waals surface area contributed by atoms with Gasteiger partial charge in [0.2, 0.25) is 0 Å². The number of carboxylic acids is 1. The number of imidazole rings is 1. The number of carbonyl (C=O) groups is 1. The quantitative estimate of drug-likeness (QED) is 0.889. The zero-order valence-electron chi connectivity index (χ0n) is 8.80. The lowest BCUT2D eigenvalue weighted by atomic mass is 10.0. The Labute approximate surface area is 102 Å². The van der Waals surface area contributed by atoms with Crippen LogP contribution in [0.2, 0.25) is 5.02 Å². The highest BCUT2D eigenvalue weighted by atomic mass is 35.5. The molecule has 1 aromatic heterocycles. The molecule has 4 nitrogen and oxygen atoms in total. The molecule has 17 heavy (non-hydrogen) atoms. The number of aliphatic carboxylic acids is 1. The van der Waals surface area contributed by atoms with Gasteiger partial charge in [-0.15, -0.1) is 0 Å². The summed E-state index contributed by atoms with van der Waals surface area (Å²) in [4.78, 5) is 15.0. The van der Waals surface area contributed by atoms with Crippen molar-refractivity contribution >= 4 is 17.6 Å². The molecule has 0 saturated heterocycles.